The van der Waals surface area contributed by atoms with Gasteiger partial charge in [0.2, 0.25) is 5.91 Å². The Morgan fingerprint density at radius 3 is 2.71 bits per heavy atom. The van der Waals surface area contributed by atoms with Crippen molar-refractivity contribution in [2.45, 2.75) is 17.9 Å². The Morgan fingerprint density at radius 2 is 2.06 bits per heavy atom. The summed E-state index contributed by atoms with van der Waals surface area (Å²) in [4.78, 5) is 37.5. The first-order chi connectivity index (χ1) is 8.16. The van der Waals surface area contributed by atoms with E-state index in [-0.39, 0.29) is 16.7 Å². The van der Waals surface area contributed by atoms with E-state index >= 15 is 0 Å². The van der Waals surface area contributed by atoms with Crippen molar-refractivity contribution < 1.29 is 4.79 Å². The second kappa shape index (κ2) is 5.17. The van der Waals surface area contributed by atoms with Gasteiger partial charge in [-0.2, -0.15) is 5.10 Å². The zero-order valence-electron chi connectivity index (χ0n) is 9.06. The molecule has 7 nitrogen and oxygen atoms in total. The van der Waals surface area contributed by atoms with Crippen molar-refractivity contribution in [1.29, 1.82) is 0 Å². The van der Waals surface area contributed by atoms with Crippen LogP contribution in [0.5, 0.6) is 0 Å². The maximum Gasteiger partial charge on any atom is 0.342 e. The number of carbonyl (C=O) groups excluding carboxylic acids is 1. The molecule has 1 aliphatic heterocycles. The molecule has 2 rings (SSSR count). The average molecular weight is 256 g/mol. The lowest BCUT2D eigenvalue weighted by atomic mass is 10.4. The molecule has 0 spiro atoms. The van der Waals surface area contributed by atoms with Crippen molar-refractivity contribution in [3.8, 4) is 0 Å². The Bertz CT molecular complexity index is 517. The predicted octanol–water partition coefficient (Wildman–Crippen LogP) is -0.827. The molecule has 1 aromatic heterocycles. The van der Waals surface area contributed by atoms with Crippen LogP contribution in [0.25, 0.3) is 0 Å². The Balaban J connectivity index is 1.95. The lowest BCUT2D eigenvalue weighted by Gasteiger charge is -2.13. The lowest BCUT2D eigenvalue weighted by molar-refractivity contribution is -0.127. The number of hydrogen-bond donors (Lipinski definition) is 2. The summed E-state index contributed by atoms with van der Waals surface area (Å²) in [6, 6.07) is 0. The van der Waals surface area contributed by atoms with Gasteiger partial charge in [-0.15, -0.1) is 0 Å². The molecule has 2 N–H and O–H groups in total. The number of H-pyrrole nitrogens is 2. The van der Waals surface area contributed by atoms with Gasteiger partial charge < -0.3 is 4.90 Å². The molecule has 1 fully saturated rings. The van der Waals surface area contributed by atoms with Crippen molar-refractivity contribution in [2.75, 3.05) is 18.8 Å². The predicted molar refractivity (Wildman–Crippen MR) is 62.0 cm³/mol. The number of likely N-dealkylation sites (tertiary alicyclic amines) is 1. The molecule has 0 radical (unpaired) electrons. The third kappa shape index (κ3) is 2.96. The van der Waals surface area contributed by atoms with Gasteiger partial charge in [-0.1, -0.05) is 11.8 Å². The van der Waals surface area contributed by atoms with Crippen LogP contribution in [0.4, 0.5) is 0 Å². The zero-order valence-corrected chi connectivity index (χ0v) is 9.88. The van der Waals surface area contributed by atoms with Crippen molar-refractivity contribution in [2.24, 2.45) is 0 Å². The van der Waals surface area contributed by atoms with Gasteiger partial charge in [-0.3, -0.25) is 14.6 Å². The van der Waals surface area contributed by atoms with Crippen LogP contribution >= 0.6 is 11.8 Å². The molecular weight excluding hydrogens is 244 g/mol. The largest absolute Gasteiger partial charge is 0.342 e. The molecule has 0 bridgehead atoms. The molecule has 0 unspecified atom stereocenters. The highest BCUT2D eigenvalue weighted by Gasteiger charge is 2.18. The first kappa shape index (κ1) is 11.9. The van der Waals surface area contributed by atoms with Crippen LogP contribution in [-0.2, 0) is 4.79 Å². The smallest absolute Gasteiger partial charge is 0.342 e. The fourth-order valence-electron chi connectivity index (χ4n) is 1.62. The number of amides is 1. The summed E-state index contributed by atoms with van der Waals surface area (Å²) in [6.45, 7) is 1.57. The maximum atomic E-state index is 11.7. The molecule has 1 aromatic rings. The van der Waals surface area contributed by atoms with Crippen LogP contribution < -0.4 is 11.2 Å². The third-order valence-electron chi connectivity index (χ3n) is 2.47. The number of rotatable bonds is 3. The summed E-state index contributed by atoms with van der Waals surface area (Å²) >= 11 is 1.03. The van der Waals surface area contributed by atoms with Crippen molar-refractivity contribution in [3.63, 3.8) is 0 Å². The van der Waals surface area contributed by atoms with E-state index in [1.165, 1.54) is 0 Å². The number of carbonyl (C=O) groups is 1. The summed E-state index contributed by atoms with van der Waals surface area (Å²) in [6.07, 6.45) is 2.07. The minimum atomic E-state index is -0.648. The van der Waals surface area contributed by atoms with E-state index in [1.807, 2.05) is 0 Å². The van der Waals surface area contributed by atoms with Gasteiger partial charge in [-0.05, 0) is 12.8 Å². The van der Waals surface area contributed by atoms with Crippen LogP contribution in [-0.4, -0.2) is 44.8 Å². The zero-order chi connectivity index (χ0) is 12.3. The topological polar surface area (TPSA) is 98.9 Å². The molecule has 0 aromatic carbocycles. The molecule has 2 heterocycles. The monoisotopic (exact) mass is 256 g/mol. The number of thioether (sulfide) groups is 1. The molecule has 1 saturated heterocycles. The van der Waals surface area contributed by atoms with E-state index in [9.17, 15) is 14.4 Å². The Hall–Kier alpha value is -1.57. The molecule has 0 atom stereocenters. The molecule has 1 aliphatic rings. The van der Waals surface area contributed by atoms with Crippen molar-refractivity contribution in [1.82, 2.24) is 20.1 Å². The van der Waals surface area contributed by atoms with Gasteiger partial charge >= 0.3 is 5.69 Å². The molecule has 1 amide bonds. The number of hydrogen-bond acceptors (Lipinski definition) is 5. The lowest BCUT2D eigenvalue weighted by Crippen LogP contribution is -2.30. The number of nitrogens with zero attached hydrogens (tertiary/aromatic N) is 2. The summed E-state index contributed by atoms with van der Waals surface area (Å²) in [5.74, 6) is 0.169. The van der Waals surface area contributed by atoms with E-state index in [2.05, 4.69) is 15.2 Å². The van der Waals surface area contributed by atoms with E-state index in [4.69, 9.17) is 0 Å². The standard InChI is InChI=1S/C9H12N4O3S/c14-6(13-3-1-2-4-13)5-17-8-7(15)10-9(16)12-11-8/h1-5H2,(H2,10,12,15,16). The second-order valence-electron chi connectivity index (χ2n) is 3.69. The highest BCUT2D eigenvalue weighted by Crippen LogP contribution is 2.13. The van der Waals surface area contributed by atoms with Crippen molar-refractivity contribution in [3.05, 3.63) is 20.8 Å². The van der Waals surface area contributed by atoms with Crippen LogP contribution in [0.2, 0.25) is 0 Å². The normalized spacial score (nSPS) is 15.2. The summed E-state index contributed by atoms with van der Waals surface area (Å²) in [5.41, 5.74) is -1.21. The molecule has 0 aliphatic carbocycles. The van der Waals surface area contributed by atoms with Crippen LogP contribution in [0.15, 0.2) is 14.6 Å². The summed E-state index contributed by atoms with van der Waals surface area (Å²) in [7, 11) is 0. The van der Waals surface area contributed by atoms with Crippen LogP contribution in [0, 0.1) is 0 Å². The highest BCUT2D eigenvalue weighted by molar-refractivity contribution is 7.99. The molecule has 17 heavy (non-hydrogen) atoms. The van der Waals surface area contributed by atoms with Gasteiger partial charge in [-0.25, -0.2) is 9.89 Å². The molecule has 0 saturated carbocycles. The average Bonchev–Trinajstić information content (AvgIpc) is 2.81. The van der Waals surface area contributed by atoms with Gasteiger partial charge in [0.15, 0.2) is 5.03 Å². The number of nitrogens with one attached hydrogen (secondary N) is 2. The minimum absolute atomic E-state index is 0.0000926. The fraction of sp³-hybridized carbons (Fsp3) is 0.556. The minimum Gasteiger partial charge on any atom is -0.342 e. The maximum absolute atomic E-state index is 11.7. The van der Waals surface area contributed by atoms with E-state index in [0.717, 1.165) is 37.7 Å². The van der Waals surface area contributed by atoms with E-state index < -0.39 is 11.2 Å². The van der Waals surface area contributed by atoms with Crippen LogP contribution in [0.3, 0.4) is 0 Å². The van der Waals surface area contributed by atoms with E-state index in [1.54, 1.807) is 4.90 Å². The second-order valence-corrected chi connectivity index (χ2v) is 4.65. The first-order valence-electron chi connectivity index (χ1n) is 5.26. The van der Waals surface area contributed by atoms with Gasteiger partial charge in [0.25, 0.3) is 5.56 Å². The Morgan fingerprint density at radius 1 is 1.35 bits per heavy atom. The fourth-order valence-corrected chi connectivity index (χ4v) is 2.36. The van der Waals surface area contributed by atoms with E-state index in [0.29, 0.717) is 0 Å². The number of aromatic amines is 2. The SMILES string of the molecule is O=C(CSc1n[nH]c(=O)[nH]c1=O)N1CCCC1. The molecule has 8 heteroatoms. The van der Waals surface area contributed by atoms with Crippen molar-refractivity contribution >= 4 is 17.7 Å². The van der Waals surface area contributed by atoms with Gasteiger partial charge in [0, 0.05) is 13.1 Å². The van der Waals surface area contributed by atoms with Gasteiger partial charge in [0.1, 0.15) is 0 Å². The highest BCUT2D eigenvalue weighted by atomic mass is 32.2. The van der Waals surface area contributed by atoms with Crippen LogP contribution in [0.1, 0.15) is 12.8 Å². The number of aromatic nitrogens is 3. The Labute approximate surface area is 101 Å². The summed E-state index contributed by atoms with van der Waals surface area (Å²) in [5, 5.41) is 5.82. The summed E-state index contributed by atoms with van der Waals surface area (Å²) < 4.78 is 0. The third-order valence-corrected chi connectivity index (χ3v) is 3.41. The molecule has 92 valence electrons. The Kier molecular flexibility index (Phi) is 3.62. The first-order valence-corrected chi connectivity index (χ1v) is 6.25. The molecular formula is C9H12N4O3S. The quantitative estimate of drug-likeness (QED) is 0.688. The van der Waals surface area contributed by atoms with Gasteiger partial charge in [0.05, 0.1) is 5.75 Å².